The molecule has 1 fully saturated rings. The Morgan fingerprint density at radius 3 is 2.67 bits per heavy atom. The van der Waals surface area contributed by atoms with E-state index >= 15 is 0 Å². The molecule has 1 aliphatic carbocycles. The minimum atomic E-state index is -3.44. The molecule has 0 spiro atoms. The van der Waals surface area contributed by atoms with Crippen LogP contribution in [0.5, 0.6) is 0 Å². The van der Waals surface area contributed by atoms with Crippen LogP contribution in [0.15, 0.2) is 35.7 Å². The summed E-state index contributed by atoms with van der Waals surface area (Å²) in [5.41, 5.74) is 6.92. The number of nitrogens with zero attached hydrogens (tertiary/aromatic N) is 1. The molecule has 0 unspecified atom stereocenters. The monoisotopic (exact) mass is 266 g/mol. The second kappa shape index (κ2) is 4.74. The van der Waals surface area contributed by atoms with Gasteiger partial charge in [0.1, 0.15) is 0 Å². The van der Waals surface area contributed by atoms with Crippen molar-refractivity contribution in [3.05, 3.63) is 36.4 Å². The summed E-state index contributed by atoms with van der Waals surface area (Å²) in [6.45, 7) is 5.75. The van der Waals surface area contributed by atoms with Gasteiger partial charge in [-0.05, 0) is 43.5 Å². The fourth-order valence-electron chi connectivity index (χ4n) is 2.02. The van der Waals surface area contributed by atoms with E-state index in [4.69, 9.17) is 5.73 Å². The van der Waals surface area contributed by atoms with Gasteiger partial charge in [0.25, 0.3) is 0 Å². The highest BCUT2D eigenvalue weighted by Crippen LogP contribution is 2.33. The first-order valence-electron chi connectivity index (χ1n) is 5.95. The molecule has 0 bridgehead atoms. The van der Waals surface area contributed by atoms with Crippen LogP contribution in [0.1, 0.15) is 18.4 Å². The van der Waals surface area contributed by atoms with Crippen LogP contribution in [0.3, 0.4) is 0 Å². The standard InChI is InChI=1S/C13H18N2O2S/c1-3-8-15(12-5-6-12)18(16,17)13-7-4-11(14)9-10(13)2/h3-4,7,9,12H,1,5-6,8,14H2,2H3. The van der Waals surface area contributed by atoms with Crippen LogP contribution < -0.4 is 5.73 Å². The van der Waals surface area contributed by atoms with Crippen molar-refractivity contribution in [2.45, 2.75) is 30.7 Å². The number of benzene rings is 1. The van der Waals surface area contributed by atoms with E-state index in [1.807, 2.05) is 0 Å². The smallest absolute Gasteiger partial charge is 0.243 e. The zero-order chi connectivity index (χ0) is 13.3. The summed E-state index contributed by atoms with van der Waals surface area (Å²) in [5.74, 6) is 0. The number of nitrogen functional groups attached to an aromatic ring is 1. The van der Waals surface area contributed by atoms with Crippen LogP contribution in [0.4, 0.5) is 5.69 Å². The maximum atomic E-state index is 12.6. The van der Waals surface area contributed by atoms with Crippen molar-refractivity contribution < 1.29 is 8.42 Å². The Morgan fingerprint density at radius 2 is 2.17 bits per heavy atom. The van der Waals surface area contributed by atoms with Gasteiger partial charge in [-0.15, -0.1) is 6.58 Å². The lowest BCUT2D eigenvalue weighted by atomic mass is 10.2. The molecule has 0 amide bonds. The first-order valence-corrected chi connectivity index (χ1v) is 7.39. The van der Waals surface area contributed by atoms with E-state index in [-0.39, 0.29) is 6.04 Å². The predicted octanol–water partition coefficient (Wildman–Crippen LogP) is 1.92. The summed E-state index contributed by atoms with van der Waals surface area (Å²) in [5, 5.41) is 0. The molecule has 1 aromatic rings. The minimum absolute atomic E-state index is 0.130. The molecule has 98 valence electrons. The van der Waals surface area contributed by atoms with E-state index in [1.165, 1.54) is 4.31 Å². The largest absolute Gasteiger partial charge is 0.399 e. The van der Waals surface area contributed by atoms with Gasteiger partial charge in [-0.1, -0.05) is 6.08 Å². The number of sulfonamides is 1. The van der Waals surface area contributed by atoms with Crippen LogP contribution >= 0.6 is 0 Å². The van der Waals surface area contributed by atoms with Crippen molar-refractivity contribution in [3.8, 4) is 0 Å². The van der Waals surface area contributed by atoms with Gasteiger partial charge < -0.3 is 5.73 Å². The lowest BCUT2D eigenvalue weighted by Crippen LogP contribution is -2.33. The Balaban J connectivity index is 2.42. The topological polar surface area (TPSA) is 63.4 Å². The summed E-state index contributed by atoms with van der Waals surface area (Å²) >= 11 is 0. The SMILES string of the molecule is C=CCN(C1CC1)S(=O)(=O)c1ccc(N)cc1C. The summed E-state index contributed by atoms with van der Waals surface area (Å²) < 4.78 is 26.7. The number of anilines is 1. The molecular weight excluding hydrogens is 248 g/mol. The van der Waals surface area contributed by atoms with Crippen LogP contribution in [0.25, 0.3) is 0 Å². The Labute approximate surface area is 108 Å². The predicted molar refractivity (Wildman–Crippen MR) is 72.7 cm³/mol. The fraction of sp³-hybridized carbons (Fsp3) is 0.385. The van der Waals surface area contributed by atoms with Crippen molar-refractivity contribution in [3.63, 3.8) is 0 Å². The number of aryl methyl sites for hydroxylation is 1. The van der Waals surface area contributed by atoms with Gasteiger partial charge in [0, 0.05) is 18.3 Å². The number of hydrogen-bond acceptors (Lipinski definition) is 3. The molecule has 0 aromatic heterocycles. The average molecular weight is 266 g/mol. The van der Waals surface area contributed by atoms with E-state index in [9.17, 15) is 8.42 Å². The average Bonchev–Trinajstić information content (AvgIpc) is 3.08. The van der Waals surface area contributed by atoms with Crippen LogP contribution in [0.2, 0.25) is 0 Å². The zero-order valence-electron chi connectivity index (χ0n) is 10.5. The molecule has 0 saturated heterocycles. The lowest BCUT2D eigenvalue weighted by Gasteiger charge is -2.21. The number of hydrogen-bond donors (Lipinski definition) is 1. The van der Waals surface area contributed by atoms with Crippen LogP contribution in [-0.4, -0.2) is 25.3 Å². The van der Waals surface area contributed by atoms with Crippen molar-refractivity contribution in [1.82, 2.24) is 4.31 Å². The molecule has 2 N–H and O–H groups in total. The molecule has 5 heteroatoms. The van der Waals surface area contributed by atoms with E-state index in [1.54, 1.807) is 31.2 Å². The Bertz CT molecular complexity index is 562. The third-order valence-electron chi connectivity index (χ3n) is 3.05. The zero-order valence-corrected chi connectivity index (χ0v) is 11.3. The Hall–Kier alpha value is -1.33. The van der Waals surface area contributed by atoms with E-state index < -0.39 is 10.0 Å². The Morgan fingerprint density at radius 1 is 1.50 bits per heavy atom. The molecule has 18 heavy (non-hydrogen) atoms. The second-order valence-electron chi connectivity index (χ2n) is 4.62. The third-order valence-corrected chi connectivity index (χ3v) is 5.13. The van der Waals surface area contributed by atoms with Crippen molar-refractivity contribution >= 4 is 15.7 Å². The first kappa shape index (κ1) is 13.1. The van der Waals surface area contributed by atoms with Gasteiger partial charge >= 0.3 is 0 Å². The summed E-state index contributed by atoms with van der Waals surface area (Å²) in [7, 11) is -3.44. The molecule has 1 aliphatic rings. The summed E-state index contributed by atoms with van der Waals surface area (Å²) in [4.78, 5) is 0.338. The summed E-state index contributed by atoms with van der Waals surface area (Å²) in [6.07, 6.45) is 3.49. The van der Waals surface area contributed by atoms with E-state index in [0.29, 0.717) is 22.7 Å². The normalized spacial score (nSPS) is 15.9. The van der Waals surface area contributed by atoms with Gasteiger partial charge in [0.2, 0.25) is 10.0 Å². The van der Waals surface area contributed by atoms with Gasteiger partial charge in [0.15, 0.2) is 0 Å². The maximum Gasteiger partial charge on any atom is 0.243 e. The quantitative estimate of drug-likeness (QED) is 0.654. The number of rotatable bonds is 5. The molecule has 0 radical (unpaired) electrons. The lowest BCUT2D eigenvalue weighted by molar-refractivity contribution is 0.435. The van der Waals surface area contributed by atoms with Gasteiger partial charge in [-0.2, -0.15) is 4.31 Å². The second-order valence-corrected chi connectivity index (χ2v) is 6.48. The molecule has 1 saturated carbocycles. The molecule has 4 nitrogen and oxygen atoms in total. The first-order chi connectivity index (χ1) is 8.46. The van der Waals surface area contributed by atoms with Gasteiger partial charge in [-0.25, -0.2) is 8.42 Å². The molecule has 2 rings (SSSR count). The van der Waals surface area contributed by atoms with E-state index in [2.05, 4.69) is 6.58 Å². The molecule has 1 aromatic carbocycles. The number of nitrogens with two attached hydrogens (primary N) is 1. The van der Waals surface area contributed by atoms with Gasteiger partial charge in [0.05, 0.1) is 4.90 Å². The molecular formula is C13H18N2O2S. The molecule has 0 atom stereocenters. The minimum Gasteiger partial charge on any atom is -0.399 e. The highest BCUT2D eigenvalue weighted by atomic mass is 32.2. The van der Waals surface area contributed by atoms with Crippen LogP contribution in [0, 0.1) is 6.92 Å². The summed E-state index contributed by atoms with van der Waals surface area (Å²) in [6, 6.07) is 5.02. The maximum absolute atomic E-state index is 12.6. The molecule has 0 aliphatic heterocycles. The highest BCUT2D eigenvalue weighted by molar-refractivity contribution is 7.89. The van der Waals surface area contributed by atoms with Crippen molar-refractivity contribution in [2.75, 3.05) is 12.3 Å². The van der Waals surface area contributed by atoms with E-state index in [0.717, 1.165) is 12.8 Å². The molecule has 0 heterocycles. The highest BCUT2D eigenvalue weighted by Gasteiger charge is 2.37. The Kier molecular flexibility index (Phi) is 3.45. The van der Waals surface area contributed by atoms with Crippen molar-refractivity contribution in [1.29, 1.82) is 0 Å². The fourth-order valence-corrected chi connectivity index (χ4v) is 3.89. The van der Waals surface area contributed by atoms with Crippen LogP contribution in [-0.2, 0) is 10.0 Å². The van der Waals surface area contributed by atoms with Gasteiger partial charge in [-0.3, -0.25) is 0 Å². The third kappa shape index (κ3) is 2.42. The van der Waals surface area contributed by atoms with Crippen molar-refractivity contribution in [2.24, 2.45) is 0 Å².